The fourth-order valence-corrected chi connectivity index (χ4v) is 2.75. The number of amides is 1. The first-order valence-corrected chi connectivity index (χ1v) is 7.66. The first-order chi connectivity index (χ1) is 11.1. The van der Waals surface area contributed by atoms with Gasteiger partial charge in [0.2, 0.25) is 0 Å². The molecule has 23 heavy (non-hydrogen) atoms. The molecule has 0 radical (unpaired) electrons. The maximum Gasteiger partial charge on any atom is 0.257 e. The van der Waals surface area contributed by atoms with Gasteiger partial charge >= 0.3 is 0 Å². The molecule has 5 nitrogen and oxygen atoms in total. The number of pyridine rings is 1. The third-order valence-electron chi connectivity index (χ3n) is 3.87. The van der Waals surface area contributed by atoms with E-state index < -0.39 is 0 Å². The zero-order valence-corrected chi connectivity index (χ0v) is 12.7. The molecule has 0 spiro atoms. The van der Waals surface area contributed by atoms with E-state index in [0.717, 1.165) is 12.8 Å². The van der Waals surface area contributed by atoms with Crippen LogP contribution in [0.3, 0.4) is 0 Å². The highest BCUT2D eigenvalue weighted by Gasteiger charge is 2.24. The van der Waals surface area contributed by atoms with Crippen molar-refractivity contribution in [3.63, 3.8) is 0 Å². The van der Waals surface area contributed by atoms with Crippen LogP contribution in [0.1, 0.15) is 23.2 Å². The summed E-state index contributed by atoms with van der Waals surface area (Å²) < 4.78 is 13.3. The number of benzene rings is 1. The highest BCUT2D eigenvalue weighted by Crippen LogP contribution is 2.21. The summed E-state index contributed by atoms with van der Waals surface area (Å²) in [6.45, 7) is 1.24. The van der Waals surface area contributed by atoms with Crippen LogP contribution in [0.5, 0.6) is 0 Å². The van der Waals surface area contributed by atoms with Gasteiger partial charge in [0.1, 0.15) is 11.6 Å². The van der Waals surface area contributed by atoms with Crippen LogP contribution in [0.15, 0.2) is 42.6 Å². The molecular weight excluding hydrogens is 295 g/mol. The topological polar surface area (TPSA) is 71.2 Å². The minimum Gasteiger partial charge on any atom is -0.339 e. The summed E-state index contributed by atoms with van der Waals surface area (Å²) in [6, 6.07) is 9.51. The van der Waals surface area contributed by atoms with Crippen LogP contribution >= 0.6 is 0 Å². The average Bonchev–Trinajstić information content (AvgIpc) is 2.55. The molecule has 2 heterocycles. The molecule has 1 aromatic carbocycles. The molecule has 1 aliphatic heterocycles. The summed E-state index contributed by atoms with van der Waals surface area (Å²) in [5.74, 6) is -0.0322. The Balaban J connectivity index is 1.84. The maximum absolute atomic E-state index is 13.3. The monoisotopic (exact) mass is 314 g/mol. The van der Waals surface area contributed by atoms with Gasteiger partial charge in [-0.05, 0) is 43.2 Å². The smallest absolute Gasteiger partial charge is 0.257 e. The second-order valence-corrected chi connectivity index (χ2v) is 5.69. The van der Waals surface area contributed by atoms with E-state index in [1.165, 1.54) is 12.1 Å². The molecule has 0 saturated carbocycles. The van der Waals surface area contributed by atoms with Gasteiger partial charge in [0, 0.05) is 31.0 Å². The summed E-state index contributed by atoms with van der Waals surface area (Å²) in [5, 5.41) is 3.01. The van der Waals surface area contributed by atoms with Crippen molar-refractivity contribution in [2.24, 2.45) is 5.73 Å². The van der Waals surface area contributed by atoms with E-state index in [4.69, 9.17) is 5.73 Å². The number of nitrogens with one attached hydrogen (secondary N) is 1. The third-order valence-corrected chi connectivity index (χ3v) is 3.87. The van der Waals surface area contributed by atoms with E-state index in [1.54, 1.807) is 35.4 Å². The molecule has 0 aliphatic carbocycles. The summed E-state index contributed by atoms with van der Waals surface area (Å²) in [7, 11) is 0. The van der Waals surface area contributed by atoms with Crippen LogP contribution in [0.2, 0.25) is 0 Å². The highest BCUT2D eigenvalue weighted by atomic mass is 19.1. The van der Waals surface area contributed by atoms with Crippen molar-refractivity contribution in [3.8, 4) is 0 Å². The number of likely N-dealkylation sites (tertiary alicyclic amines) is 1. The highest BCUT2D eigenvalue weighted by molar-refractivity contribution is 5.99. The molecule has 3 N–H and O–H groups in total. The Morgan fingerprint density at radius 2 is 2.22 bits per heavy atom. The molecule has 1 saturated heterocycles. The molecule has 1 aromatic heterocycles. The number of nitrogens with two attached hydrogens (primary N) is 1. The van der Waals surface area contributed by atoms with E-state index in [9.17, 15) is 9.18 Å². The molecule has 0 unspecified atom stereocenters. The second-order valence-electron chi connectivity index (χ2n) is 5.69. The lowest BCUT2D eigenvalue weighted by Gasteiger charge is -2.31. The first-order valence-electron chi connectivity index (χ1n) is 7.66. The Hall–Kier alpha value is -2.47. The zero-order chi connectivity index (χ0) is 16.2. The molecular formula is C17H19FN4O. The van der Waals surface area contributed by atoms with E-state index in [2.05, 4.69) is 10.3 Å². The predicted molar refractivity (Wildman–Crippen MR) is 87.0 cm³/mol. The fourth-order valence-electron chi connectivity index (χ4n) is 2.75. The van der Waals surface area contributed by atoms with Crippen molar-refractivity contribution in [1.82, 2.24) is 9.88 Å². The van der Waals surface area contributed by atoms with Crippen molar-refractivity contribution in [1.29, 1.82) is 0 Å². The summed E-state index contributed by atoms with van der Waals surface area (Å²) in [4.78, 5) is 18.7. The molecule has 120 valence electrons. The van der Waals surface area contributed by atoms with E-state index in [-0.39, 0.29) is 17.8 Å². The number of carbonyl (C=O) groups excluding carboxylic acids is 1. The van der Waals surface area contributed by atoms with Crippen LogP contribution in [0, 0.1) is 5.82 Å². The van der Waals surface area contributed by atoms with Crippen LogP contribution in [-0.2, 0) is 0 Å². The average molecular weight is 314 g/mol. The zero-order valence-electron chi connectivity index (χ0n) is 12.7. The van der Waals surface area contributed by atoms with Crippen molar-refractivity contribution < 1.29 is 9.18 Å². The molecule has 1 atom stereocenters. The predicted octanol–water partition coefficient (Wildman–Crippen LogP) is 2.53. The quantitative estimate of drug-likeness (QED) is 0.913. The number of anilines is 2. The van der Waals surface area contributed by atoms with Crippen molar-refractivity contribution in [2.45, 2.75) is 18.9 Å². The van der Waals surface area contributed by atoms with Gasteiger partial charge in [-0.15, -0.1) is 0 Å². The van der Waals surface area contributed by atoms with Crippen molar-refractivity contribution in [3.05, 3.63) is 54.0 Å². The van der Waals surface area contributed by atoms with E-state index >= 15 is 0 Å². The number of halogens is 1. The molecule has 0 bridgehead atoms. The number of nitrogens with zero attached hydrogens (tertiary/aromatic N) is 2. The lowest BCUT2D eigenvalue weighted by atomic mass is 10.1. The molecule has 1 amide bonds. The second kappa shape index (κ2) is 6.75. The Kier molecular flexibility index (Phi) is 4.52. The Morgan fingerprint density at radius 3 is 3.00 bits per heavy atom. The van der Waals surface area contributed by atoms with Crippen LogP contribution in [-0.4, -0.2) is 34.9 Å². The van der Waals surface area contributed by atoms with Crippen molar-refractivity contribution in [2.75, 3.05) is 18.4 Å². The normalized spacial score (nSPS) is 17.8. The van der Waals surface area contributed by atoms with Crippen LogP contribution < -0.4 is 11.1 Å². The van der Waals surface area contributed by atoms with E-state index in [0.29, 0.717) is 30.2 Å². The van der Waals surface area contributed by atoms with Gasteiger partial charge in [-0.2, -0.15) is 0 Å². The molecule has 1 aliphatic rings. The van der Waals surface area contributed by atoms with Gasteiger partial charge in [-0.25, -0.2) is 9.37 Å². The van der Waals surface area contributed by atoms with Crippen LogP contribution in [0.4, 0.5) is 15.9 Å². The molecule has 2 aromatic rings. The minimum atomic E-state index is -0.346. The lowest BCUT2D eigenvalue weighted by molar-refractivity contribution is 0.0709. The largest absolute Gasteiger partial charge is 0.339 e. The molecule has 6 heteroatoms. The Labute approximate surface area is 134 Å². The van der Waals surface area contributed by atoms with E-state index in [1.807, 2.05) is 0 Å². The van der Waals surface area contributed by atoms with Gasteiger partial charge in [0.15, 0.2) is 0 Å². The summed E-state index contributed by atoms with van der Waals surface area (Å²) in [6.07, 6.45) is 3.44. The van der Waals surface area contributed by atoms with Gasteiger partial charge in [-0.3, -0.25) is 4.79 Å². The Bertz CT molecular complexity index is 706. The fraction of sp³-hybridized carbons (Fsp3) is 0.294. The van der Waals surface area contributed by atoms with Gasteiger partial charge < -0.3 is 16.0 Å². The van der Waals surface area contributed by atoms with Crippen LogP contribution in [0.25, 0.3) is 0 Å². The number of hydrogen-bond acceptors (Lipinski definition) is 4. The van der Waals surface area contributed by atoms with Crippen molar-refractivity contribution >= 4 is 17.4 Å². The Morgan fingerprint density at radius 1 is 1.35 bits per heavy atom. The minimum absolute atomic E-state index is 0.0176. The standard InChI is InChI=1S/C17H19FN4O/c18-12-4-1-6-14(10-12)21-16-15(7-2-8-20-16)17(23)22-9-3-5-13(19)11-22/h1-2,4,6-8,10,13H,3,5,9,11,19H2,(H,20,21)/t13-/m1/s1. The molecule has 3 rings (SSSR count). The number of carbonyl (C=O) groups is 1. The first kappa shape index (κ1) is 15.4. The van der Waals surface area contributed by atoms with Gasteiger partial charge in [-0.1, -0.05) is 6.07 Å². The summed E-state index contributed by atoms with van der Waals surface area (Å²) in [5.41, 5.74) is 6.97. The maximum atomic E-state index is 13.3. The number of hydrogen-bond donors (Lipinski definition) is 2. The van der Waals surface area contributed by atoms with Gasteiger partial charge in [0.25, 0.3) is 5.91 Å². The number of aromatic nitrogens is 1. The molecule has 1 fully saturated rings. The van der Waals surface area contributed by atoms with Gasteiger partial charge in [0.05, 0.1) is 5.56 Å². The summed E-state index contributed by atoms with van der Waals surface area (Å²) >= 11 is 0. The lowest BCUT2D eigenvalue weighted by Crippen LogP contribution is -2.45. The third kappa shape index (κ3) is 3.65. The SMILES string of the molecule is N[C@@H]1CCCN(C(=O)c2cccnc2Nc2cccc(F)c2)C1. The number of rotatable bonds is 3. The number of piperidine rings is 1.